The molecule has 0 heterocycles. The third-order valence-electron chi connectivity index (χ3n) is 2.58. The van der Waals surface area contributed by atoms with Crippen LogP contribution in [0.15, 0.2) is 12.1 Å². The van der Waals surface area contributed by atoms with E-state index in [9.17, 15) is 4.79 Å². The molecule has 16 heavy (non-hydrogen) atoms. The molecule has 0 saturated heterocycles. The first-order chi connectivity index (χ1) is 7.58. The molecule has 0 aliphatic carbocycles. The average Bonchev–Trinajstić information content (AvgIpc) is 2.26. The number of benzene rings is 1. The Balaban J connectivity index is 2.89. The van der Waals surface area contributed by atoms with Gasteiger partial charge >= 0.3 is 0 Å². The maximum Gasteiger partial charge on any atom is 0.219 e. The molecular weight excluding hydrogens is 202 g/mol. The molecule has 1 amide bonds. The van der Waals surface area contributed by atoms with Crippen molar-refractivity contribution in [3.05, 3.63) is 28.8 Å². The molecule has 0 aliphatic rings. The quantitative estimate of drug-likeness (QED) is 0.847. The highest BCUT2D eigenvalue weighted by molar-refractivity contribution is 5.75. The number of carbonyl (C=O) groups is 1. The Labute approximate surface area is 96.8 Å². The van der Waals surface area contributed by atoms with E-state index in [2.05, 4.69) is 11.4 Å². The van der Waals surface area contributed by atoms with Crippen LogP contribution in [0.5, 0.6) is 5.75 Å². The van der Waals surface area contributed by atoms with E-state index in [1.165, 1.54) is 5.56 Å². The maximum absolute atomic E-state index is 11.2. The van der Waals surface area contributed by atoms with E-state index in [1.807, 2.05) is 26.8 Å². The Hall–Kier alpha value is -1.51. The predicted molar refractivity (Wildman–Crippen MR) is 64.6 cm³/mol. The van der Waals surface area contributed by atoms with Crippen LogP contribution in [0.3, 0.4) is 0 Å². The van der Waals surface area contributed by atoms with E-state index in [4.69, 9.17) is 4.74 Å². The molecule has 0 fully saturated rings. The fourth-order valence-electron chi connectivity index (χ4n) is 1.68. The second-order valence-electron chi connectivity index (χ2n) is 3.89. The third-order valence-corrected chi connectivity index (χ3v) is 2.58. The number of rotatable bonds is 4. The van der Waals surface area contributed by atoms with Gasteiger partial charge in [-0.15, -0.1) is 0 Å². The minimum absolute atomic E-state index is 0.0574. The van der Waals surface area contributed by atoms with Gasteiger partial charge in [-0.25, -0.2) is 0 Å². The van der Waals surface area contributed by atoms with Crippen LogP contribution in [0.25, 0.3) is 0 Å². The molecule has 1 rings (SSSR count). The highest BCUT2D eigenvalue weighted by atomic mass is 16.5. The highest BCUT2D eigenvalue weighted by Crippen LogP contribution is 2.23. The number of methoxy groups -OCH3 is 1. The molecule has 0 aromatic heterocycles. The van der Waals surface area contributed by atoms with Crippen molar-refractivity contribution >= 4 is 5.91 Å². The van der Waals surface area contributed by atoms with Crippen molar-refractivity contribution in [3.63, 3.8) is 0 Å². The minimum Gasteiger partial charge on any atom is -0.496 e. The Morgan fingerprint density at radius 3 is 2.62 bits per heavy atom. The van der Waals surface area contributed by atoms with E-state index in [-0.39, 0.29) is 5.91 Å². The smallest absolute Gasteiger partial charge is 0.219 e. The number of nitrogens with one attached hydrogen (secondary N) is 1. The number of ether oxygens (including phenoxy) is 1. The Bertz CT molecular complexity index is 386. The number of aryl methyl sites for hydroxylation is 2. The topological polar surface area (TPSA) is 38.3 Å². The first kappa shape index (κ1) is 12.6. The lowest BCUT2D eigenvalue weighted by Crippen LogP contribution is -2.22. The number of amides is 1. The zero-order valence-corrected chi connectivity index (χ0v) is 10.4. The fraction of sp³-hybridized carbons (Fsp3) is 0.462. The van der Waals surface area contributed by atoms with Crippen molar-refractivity contribution in [2.75, 3.05) is 7.11 Å². The van der Waals surface area contributed by atoms with Gasteiger partial charge in [-0.05, 0) is 31.0 Å². The van der Waals surface area contributed by atoms with Crippen LogP contribution in [0.4, 0.5) is 0 Å². The standard InChI is InChI=1S/C13H19NO2/c1-5-13(15)14-8-11-10(3)6-9(2)7-12(11)16-4/h6-7H,5,8H2,1-4H3,(H,14,15). The molecular formula is C13H19NO2. The summed E-state index contributed by atoms with van der Waals surface area (Å²) in [5, 5.41) is 2.86. The van der Waals surface area contributed by atoms with Crippen LogP contribution in [-0.4, -0.2) is 13.0 Å². The van der Waals surface area contributed by atoms with Gasteiger partial charge in [0.15, 0.2) is 0 Å². The first-order valence-electron chi connectivity index (χ1n) is 5.49. The van der Waals surface area contributed by atoms with E-state index in [0.29, 0.717) is 13.0 Å². The summed E-state index contributed by atoms with van der Waals surface area (Å²) in [6.45, 7) is 6.43. The molecule has 0 spiro atoms. The van der Waals surface area contributed by atoms with Crippen LogP contribution < -0.4 is 10.1 Å². The molecule has 0 atom stereocenters. The summed E-state index contributed by atoms with van der Waals surface area (Å²) in [5.74, 6) is 0.899. The van der Waals surface area contributed by atoms with Gasteiger partial charge in [0.2, 0.25) is 5.91 Å². The van der Waals surface area contributed by atoms with E-state index in [0.717, 1.165) is 16.9 Å². The Morgan fingerprint density at radius 1 is 1.38 bits per heavy atom. The third kappa shape index (κ3) is 2.99. The van der Waals surface area contributed by atoms with Crippen molar-refractivity contribution in [1.82, 2.24) is 5.32 Å². The zero-order chi connectivity index (χ0) is 12.1. The van der Waals surface area contributed by atoms with Gasteiger partial charge in [0.1, 0.15) is 5.75 Å². The summed E-state index contributed by atoms with van der Waals surface area (Å²) in [6, 6.07) is 4.08. The number of hydrogen-bond acceptors (Lipinski definition) is 2. The lowest BCUT2D eigenvalue weighted by atomic mass is 10.0. The molecule has 1 aromatic rings. The van der Waals surface area contributed by atoms with Gasteiger partial charge in [-0.3, -0.25) is 4.79 Å². The van der Waals surface area contributed by atoms with Crippen molar-refractivity contribution in [3.8, 4) is 5.75 Å². The van der Waals surface area contributed by atoms with E-state index >= 15 is 0 Å². The summed E-state index contributed by atoms with van der Waals surface area (Å²) in [5.41, 5.74) is 3.36. The first-order valence-corrected chi connectivity index (χ1v) is 5.49. The van der Waals surface area contributed by atoms with Gasteiger partial charge < -0.3 is 10.1 Å². The molecule has 3 heteroatoms. The average molecular weight is 221 g/mol. The summed E-state index contributed by atoms with van der Waals surface area (Å²) in [6.07, 6.45) is 0.507. The molecule has 0 radical (unpaired) electrons. The van der Waals surface area contributed by atoms with Crippen LogP contribution in [-0.2, 0) is 11.3 Å². The Morgan fingerprint density at radius 2 is 2.06 bits per heavy atom. The van der Waals surface area contributed by atoms with Gasteiger partial charge in [-0.2, -0.15) is 0 Å². The normalized spacial score (nSPS) is 10.0. The maximum atomic E-state index is 11.2. The summed E-state index contributed by atoms with van der Waals surface area (Å²) in [4.78, 5) is 11.2. The molecule has 0 saturated carbocycles. The van der Waals surface area contributed by atoms with Crippen LogP contribution >= 0.6 is 0 Å². The monoisotopic (exact) mass is 221 g/mol. The van der Waals surface area contributed by atoms with E-state index < -0.39 is 0 Å². The SMILES string of the molecule is CCC(=O)NCc1c(C)cc(C)cc1OC. The second-order valence-corrected chi connectivity index (χ2v) is 3.89. The minimum atomic E-state index is 0.0574. The molecule has 1 N–H and O–H groups in total. The summed E-state index contributed by atoms with van der Waals surface area (Å²) >= 11 is 0. The zero-order valence-electron chi connectivity index (χ0n) is 10.4. The largest absolute Gasteiger partial charge is 0.496 e. The lowest BCUT2D eigenvalue weighted by Gasteiger charge is -2.13. The van der Waals surface area contributed by atoms with Gasteiger partial charge in [-0.1, -0.05) is 13.0 Å². The van der Waals surface area contributed by atoms with Crippen molar-refractivity contribution in [2.45, 2.75) is 33.7 Å². The summed E-state index contributed by atoms with van der Waals surface area (Å²) in [7, 11) is 1.65. The number of carbonyl (C=O) groups excluding carboxylic acids is 1. The number of hydrogen-bond donors (Lipinski definition) is 1. The van der Waals surface area contributed by atoms with Crippen LogP contribution in [0, 0.1) is 13.8 Å². The lowest BCUT2D eigenvalue weighted by molar-refractivity contribution is -0.120. The van der Waals surface area contributed by atoms with Crippen molar-refractivity contribution < 1.29 is 9.53 Å². The molecule has 88 valence electrons. The summed E-state index contributed by atoms with van der Waals surface area (Å²) < 4.78 is 5.32. The molecule has 3 nitrogen and oxygen atoms in total. The van der Waals surface area contributed by atoms with Crippen LogP contribution in [0.1, 0.15) is 30.0 Å². The van der Waals surface area contributed by atoms with Crippen LogP contribution in [0.2, 0.25) is 0 Å². The van der Waals surface area contributed by atoms with Gasteiger partial charge in [0, 0.05) is 18.5 Å². The second kappa shape index (κ2) is 5.54. The molecule has 0 aliphatic heterocycles. The Kier molecular flexibility index (Phi) is 4.35. The van der Waals surface area contributed by atoms with Gasteiger partial charge in [0.05, 0.1) is 7.11 Å². The van der Waals surface area contributed by atoms with Crippen molar-refractivity contribution in [2.24, 2.45) is 0 Å². The van der Waals surface area contributed by atoms with Crippen molar-refractivity contribution in [1.29, 1.82) is 0 Å². The fourth-order valence-corrected chi connectivity index (χ4v) is 1.68. The molecule has 0 bridgehead atoms. The van der Waals surface area contributed by atoms with E-state index in [1.54, 1.807) is 7.11 Å². The predicted octanol–water partition coefficient (Wildman–Crippen LogP) is 2.34. The van der Waals surface area contributed by atoms with Gasteiger partial charge in [0.25, 0.3) is 0 Å². The molecule has 0 unspecified atom stereocenters. The highest BCUT2D eigenvalue weighted by Gasteiger charge is 2.08. The molecule has 1 aromatic carbocycles.